The predicted octanol–water partition coefficient (Wildman–Crippen LogP) is 3.03. The van der Waals surface area contributed by atoms with Gasteiger partial charge in [0.05, 0.1) is 0 Å². The van der Waals surface area contributed by atoms with Crippen LogP contribution in [0.4, 0.5) is 4.39 Å². The van der Waals surface area contributed by atoms with Crippen molar-refractivity contribution in [3.63, 3.8) is 0 Å². The van der Waals surface area contributed by atoms with E-state index >= 15 is 0 Å². The van der Waals surface area contributed by atoms with Gasteiger partial charge in [0.25, 0.3) is 0 Å². The van der Waals surface area contributed by atoms with Crippen molar-refractivity contribution in [2.24, 2.45) is 0 Å². The van der Waals surface area contributed by atoms with Gasteiger partial charge in [-0.05, 0) is 50.8 Å². The number of carbonyl (C=O) groups is 2. The second kappa shape index (κ2) is 10.4. The van der Waals surface area contributed by atoms with Crippen LogP contribution in [0.15, 0.2) is 24.3 Å². The highest BCUT2D eigenvalue weighted by Crippen LogP contribution is 2.34. The standard InChI is InChI=1S/C21H31FN2O3/c1-3-24(4-2)20(26)10-6-9-19(25)23-16-21(11-13-27-14-12-21)17-7-5-8-18(22)15-17/h5,7-8,15H,3-4,6,9-14,16H2,1-2H3,(H,23,25). The Bertz CT molecular complexity index is 626. The highest BCUT2D eigenvalue weighted by atomic mass is 19.1. The SMILES string of the molecule is CCN(CC)C(=O)CCCC(=O)NCC1(c2cccc(F)c2)CCOCC1. The van der Waals surface area contributed by atoms with E-state index in [1.165, 1.54) is 6.07 Å². The van der Waals surface area contributed by atoms with Gasteiger partial charge in [0, 0.05) is 51.1 Å². The van der Waals surface area contributed by atoms with Gasteiger partial charge in [-0.25, -0.2) is 4.39 Å². The quantitative estimate of drug-likeness (QED) is 0.719. The third-order valence-corrected chi connectivity index (χ3v) is 5.42. The summed E-state index contributed by atoms with van der Waals surface area (Å²) in [7, 11) is 0. The minimum absolute atomic E-state index is 0.0652. The van der Waals surface area contributed by atoms with Gasteiger partial charge in [-0.15, -0.1) is 0 Å². The van der Waals surface area contributed by atoms with Crippen molar-refractivity contribution >= 4 is 11.8 Å². The van der Waals surface area contributed by atoms with Crippen molar-refractivity contribution < 1.29 is 18.7 Å². The van der Waals surface area contributed by atoms with Crippen LogP contribution in [0.1, 0.15) is 51.5 Å². The fraction of sp³-hybridized carbons (Fsp3) is 0.619. The van der Waals surface area contributed by atoms with Crippen LogP contribution in [0.2, 0.25) is 0 Å². The number of halogens is 1. The lowest BCUT2D eigenvalue weighted by Gasteiger charge is -2.38. The molecule has 5 nitrogen and oxygen atoms in total. The van der Waals surface area contributed by atoms with Gasteiger partial charge >= 0.3 is 0 Å². The van der Waals surface area contributed by atoms with E-state index < -0.39 is 0 Å². The summed E-state index contributed by atoms with van der Waals surface area (Å²) in [6.45, 7) is 6.96. The lowest BCUT2D eigenvalue weighted by Crippen LogP contribution is -2.44. The van der Waals surface area contributed by atoms with Crippen LogP contribution in [0.25, 0.3) is 0 Å². The normalized spacial score (nSPS) is 16.0. The molecule has 1 aliphatic heterocycles. The molecule has 1 N–H and O–H groups in total. The Hall–Kier alpha value is -1.95. The Kier molecular flexibility index (Phi) is 8.23. The zero-order valence-electron chi connectivity index (χ0n) is 16.4. The molecule has 2 rings (SSSR count). The highest BCUT2D eigenvalue weighted by Gasteiger charge is 2.35. The van der Waals surface area contributed by atoms with E-state index in [1.807, 2.05) is 19.9 Å². The number of hydrogen-bond acceptors (Lipinski definition) is 3. The van der Waals surface area contributed by atoms with Gasteiger partial charge in [-0.1, -0.05) is 12.1 Å². The van der Waals surface area contributed by atoms with Crippen molar-refractivity contribution in [2.45, 2.75) is 51.4 Å². The maximum atomic E-state index is 13.7. The molecule has 0 saturated carbocycles. The number of amides is 2. The molecule has 27 heavy (non-hydrogen) atoms. The van der Waals surface area contributed by atoms with E-state index in [4.69, 9.17) is 4.74 Å². The molecule has 0 spiro atoms. The number of hydrogen-bond donors (Lipinski definition) is 1. The largest absolute Gasteiger partial charge is 0.381 e. The maximum Gasteiger partial charge on any atom is 0.222 e. The lowest BCUT2D eigenvalue weighted by atomic mass is 9.74. The zero-order valence-corrected chi connectivity index (χ0v) is 16.4. The smallest absolute Gasteiger partial charge is 0.222 e. The van der Waals surface area contributed by atoms with Crippen molar-refractivity contribution in [2.75, 3.05) is 32.8 Å². The lowest BCUT2D eigenvalue weighted by molar-refractivity contribution is -0.131. The van der Waals surface area contributed by atoms with E-state index in [2.05, 4.69) is 5.32 Å². The van der Waals surface area contributed by atoms with Crippen LogP contribution in [0, 0.1) is 5.82 Å². The van der Waals surface area contributed by atoms with E-state index in [0.29, 0.717) is 52.1 Å². The molecule has 150 valence electrons. The molecule has 1 heterocycles. The topological polar surface area (TPSA) is 58.6 Å². The summed E-state index contributed by atoms with van der Waals surface area (Å²) in [5.74, 6) is -0.238. The zero-order chi connectivity index (χ0) is 19.7. The molecule has 1 saturated heterocycles. The highest BCUT2D eigenvalue weighted by molar-refractivity contribution is 5.79. The molecule has 1 aromatic carbocycles. The van der Waals surface area contributed by atoms with Crippen LogP contribution in [-0.4, -0.2) is 49.6 Å². The van der Waals surface area contributed by atoms with Crippen molar-refractivity contribution in [3.05, 3.63) is 35.6 Å². The van der Waals surface area contributed by atoms with E-state index in [9.17, 15) is 14.0 Å². The van der Waals surface area contributed by atoms with Gasteiger partial charge < -0.3 is 15.0 Å². The second-order valence-electron chi connectivity index (χ2n) is 7.10. The minimum atomic E-state index is -0.299. The Morgan fingerprint density at radius 3 is 2.52 bits per heavy atom. The Balaban J connectivity index is 1.88. The summed E-state index contributed by atoms with van der Waals surface area (Å²) in [4.78, 5) is 26.1. The molecule has 0 aromatic heterocycles. The predicted molar refractivity (Wildman–Crippen MR) is 103 cm³/mol. The molecule has 0 aliphatic carbocycles. The first kappa shape index (κ1) is 21.4. The van der Waals surface area contributed by atoms with Crippen molar-refractivity contribution in [1.29, 1.82) is 0 Å². The number of benzene rings is 1. The van der Waals surface area contributed by atoms with Gasteiger partial charge in [-0.3, -0.25) is 9.59 Å². The van der Waals surface area contributed by atoms with Crippen LogP contribution in [0.3, 0.4) is 0 Å². The van der Waals surface area contributed by atoms with E-state index in [1.54, 1.807) is 17.0 Å². The number of nitrogens with one attached hydrogen (secondary N) is 1. The average molecular weight is 378 g/mol. The molecule has 0 atom stereocenters. The summed E-state index contributed by atoms with van der Waals surface area (Å²) in [5.41, 5.74) is 0.607. The average Bonchev–Trinajstić information content (AvgIpc) is 2.68. The van der Waals surface area contributed by atoms with Gasteiger partial charge in [0.1, 0.15) is 5.82 Å². The molecule has 1 fully saturated rings. The maximum absolute atomic E-state index is 13.7. The molecule has 1 aromatic rings. The molecule has 1 aliphatic rings. The first-order valence-corrected chi connectivity index (χ1v) is 9.89. The third-order valence-electron chi connectivity index (χ3n) is 5.42. The third kappa shape index (κ3) is 6.03. The Labute approximate surface area is 161 Å². The number of ether oxygens (including phenoxy) is 1. The molecule has 0 unspecified atom stereocenters. The van der Waals surface area contributed by atoms with Crippen LogP contribution >= 0.6 is 0 Å². The monoisotopic (exact) mass is 378 g/mol. The summed E-state index contributed by atoms with van der Waals surface area (Å²) in [6, 6.07) is 6.62. The summed E-state index contributed by atoms with van der Waals surface area (Å²) >= 11 is 0. The Morgan fingerprint density at radius 1 is 1.19 bits per heavy atom. The van der Waals surface area contributed by atoms with Crippen LogP contribution in [0.5, 0.6) is 0 Å². The van der Waals surface area contributed by atoms with E-state index in [-0.39, 0.29) is 23.0 Å². The summed E-state index contributed by atoms with van der Waals surface area (Å²) < 4.78 is 19.2. The van der Waals surface area contributed by atoms with Gasteiger partial charge in [-0.2, -0.15) is 0 Å². The molecule has 2 amide bonds. The number of nitrogens with zero attached hydrogens (tertiary/aromatic N) is 1. The van der Waals surface area contributed by atoms with Gasteiger partial charge in [0.2, 0.25) is 11.8 Å². The molecule has 0 bridgehead atoms. The van der Waals surface area contributed by atoms with E-state index in [0.717, 1.165) is 18.4 Å². The van der Waals surface area contributed by atoms with Crippen molar-refractivity contribution in [3.8, 4) is 0 Å². The summed E-state index contributed by atoms with van der Waals surface area (Å²) in [6.07, 6.45) is 2.74. The second-order valence-corrected chi connectivity index (χ2v) is 7.10. The molecule has 6 heteroatoms. The molecular weight excluding hydrogens is 347 g/mol. The van der Waals surface area contributed by atoms with Crippen LogP contribution in [-0.2, 0) is 19.7 Å². The summed E-state index contributed by atoms with van der Waals surface area (Å²) in [5, 5.41) is 3.00. The van der Waals surface area contributed by atoms with Crippen molar-refractivity contribution in [1.82, 2.24) is 10.2 Å². The Morgan fingerprint density at radius 2 is 1.89 bits per heavy atom. The molecule has 0 radical (unpaired) electrons. The first-order chi connectivity index (χ1) is 13.0. The minimum Gasteiger partial charge on any atom is -0.381 e. The number of rotatable bonds is 9. The fourth-order valence-corrected chi connectivity index (χ4v) is 3.64. The number of carbonyl (C=O) groups excluding carboxylic acids is 2. The first-order valence-electron chi connectivity index (χ1n) is 9.89. The molecular formula is C21H31FN2O3. The van der Waals surface area contributed by atoms with Gasteiger partial charge in [0.15, 0.2) is 0 Å². The fourth-order valence-electron chi connectivity index (χ4n) is 3.64. The van der Waals surface area contributed by atoms with Crippen LogP contribution < -0.4 is 5.32 Å².